The number of benzene rings is 1. The lowest BCUT2D eigenvalue weighted by molar-refractivity contribution is -0.158. The van der Waals surface area contributed by atoms with Gasteiger partial charge in [0.25, 0.3) is 0 Å². The van der Waals surface area contributed by atoms with Gasteiger partial charge in [-0.1, -0.05) is 230 Å². The molecule has 1 aromatic rings. The number of ether oxygens (including phenoxy) is 2. The van der Waals surface area contributed by atoms with Crippen LogP contribution in [0, 0.1) is 0 Å². The van der Waals surface area contributed by atoms with E-state index < -0.39 is 6.10 Å². The summed E-state index contributed by atoms with van der Waals surface area (Å²) >= 11 is 0. The van der Waals surface area contributed by atoms with E-state index in [4.69, 9.17) is 9.47 Å². The molecule has 1 rings (SSSR count). The van der Waals surface area contributed by atoms with E-state index in [1.54, 1.807) is 4.90 Å². The Morgan fingerprint density at radius 3 is 1.10 bits per heavy atom. The van der Waals surface area contributed by atoms with Gasteiger partial charge < -0.3 is 14.4 Å². The van der Waals surface area contributed by atoms with Crippen molar-refractivity contribution in [1.29, 1.82) is 0 Å². The molecule has 0 bridgehead atoms. The third-order valence-electron chi connectivity index (χ3n) is 13.4. The second kappa shape index (κ2) is 51.2. The van der Waals surface area contributed by atoms with Gasteiger partial charge in [0.05, 0.1) is 6.54 Å². The van der Waals surface area contributed by atoms with Crippen LogP contribution in [0.1, 0.15) is 290 Å². The second-order valence-electron chi connectivity index (χ2n) is 20.1. The standard InChI is InChI=1S/C63H109NO5/c1-4-7-10-13-16-19-22-25-28-31-34-37-40-43-49-54-61(65)64(59-52-47-46-48-53-59)57-60(69-63(67)56-51-45-42-39-36-33-30-27-24-21-18-15-12-9-6-3)58-68-62(66)55-50-44-41-38-35-32-29-26-23-20-17-14-11-8-5-2/h25-30,46-48,52-53,60H,4-24,31-45,49-51,54-58H2,1-3H3. The summed E-state index contributed by atoms with van der Waals surface area (Å²) in [6.45, 7) is 6.91. The summed E-state index contributed by atoms with van der Waals surface area (Å²) in [4.78, 5) is 41.9. The number of carbonyl (C=O) groups is 3. The minimum atomic E-state index is -0.739. The Labute approximate surface area is 427 Å². The number of rotatable bonds is 51. The number of hydrogen-bond acceptors (Lipinski definition) is 5. The van der Waals surface area contributed by atoms with Crippen molar-refractivity contribution in [2.24, 2.45) is 0 Å². The van der Waals surface area contributed by atoms with Crippen LogP contribution in [0.25, 0.3) is 0 Å². The summed E-state index contributed by atoms with van der Waals surface area (Å²) in [5.41, 5.74) is 0.771. The number of hydrogen-bond donors (Lipinski definition) is 0. The minimum absolute atomic E-state index is 0.0109. The number of esters is 2. The third kappa shape index (κ3) is 43.4. The molecule has 0 fully saturated rings. The highest BCUT2D eigenvalue weighted by Crippen LogP contribution is 2.20. The largest absolute Gasteiger partial charge is 0.462 e. The number of nitrogens with zero attached hydrogens (tertiary/aromatic N) is 1. The number of para-hydroxylation sites is 1. The maximum atomic E-state index is 13.9. The summed E-state index contributed by atoms with van der Waals surface area (Å²) in [5.74, 6) is -0.544. The second-order valence-corrected chi connectivity index (χ2v) is 20.1. The van der Waals surface area contributed by atoms with Gasteiger partial charge >= 0.3 is 11.9 Å². The normalized spacial score (nSPS) is 12.2. The first-order chi connectivity index (χ1) is 34.0. The molecule has 1 atom stereocenters. The van der Waals surface area contributed by atoms with E-state index in [2.05, 4.69) is 57.2 Å². The summed E-state index contributed by atoms with van der Waals surface area (Å²) in [6.07, 6.45) is 61.4. The third-order valence-corrected chi connectivity index (χ3v) is 13.4. The molecule has 396 valence electrons. The zero-order chi connectivity index (χ0) is 49.8. The molecule has 0 aliphatic carbocycles. The molecule has 0 aliphatic heterocycles. The van der Waals surface area contributed by atoms with Crippen LogP contribution >= 0.6 is 0 Å². The first kappa shape index (κ1) is 63.9. The van der Waals surface area contributed by atoms with Gasteiger partial charge in [0.15, 0.2) is 6.10 Å². The average Bonchev–Trinajstić information content (AvgIpc) is 3.36. The molecule has 0 aromatic heterocycles. The molecular weight excluding hydrogens is 851 g/mol. The highest BCUT2D eigenvalue weighted by molar-refractivity contribution is 5.93. The molecule has 0 radical (unpaired) electrons. The monoisotopic (exact) mass is 960 g/mol. The number of anilines is 1. The van der Waals surface area contributed by atoms with E-state index >= 15 is 0 Å². The van der Waals surface area contributed by atoms with Gasteiger partial charge in [-0.05, 0) is 108 Å². The topological polar surface area (TPSA) is 72.9 Å². The molecule has 0 heterocycles. The fourth-order valence-electron chi connectivity index (χ4n) is 8.95. The predicted octanol–water partition coefficient (Wildman–Crippen LogP) is 19.6. The van der Waals surface area contributed by atoms with E-state index in [0.29, 0.717) is 19.3 Å². The maximum Gasteiger partial charge on any atom is 0.306 e. The smallest absolute Gasteiger partial charge is 0.306 e. The zero-order valence-electron chi connectivity index (χ0n) is 45.5. The van der Waals surface area contributed by atoms with Gasteiger partial charge in [-0.3, -0.25) is 14.4 Å². The molecular formula is C63H109NO5. The van der Waals surface area contributed by atoms with Gasteiger partial charge in [-0.2, -0.15) is 0 Å². The number of amides is 1. The fourth-order valence-corrected chi connectivity index (χ4v) is 8.95. The first-order valence-corrected chi connectivity index (χ1v) is 29.7. The molecule has 6 heteroatoms. The highest BCUT2D eigenvalue weighted by atomic mass is 16.6. The quantitative estimate of drug-likeness (QED) is 0.0369. The lowest BCUT2D eigenvalue weighted by Gasteiger charge is -2.28. The Bertz CT molecular complexity index is 1370. The Kier molecular flexibility index (Phi) is 47.4. The van der Waals surface area contributed by atoms with Crippen molar-refractivity contribution < 1.29 is 23.9 Å². The van der Waals surface area contributed by atoms with Gasteiger partial charge in [-0.15, -0.1) is 0 Å². The molecule has 69 heavy (non-hydrogen) atoms. The Balaban J connectivity index is 2.60. The summed E-state index contributed by atoms with van der Waals surface area (Å²) < 4.78 is 11.8. The van der Waals surface area contributed by atoms with Crippen molar-refractivity contribution in [2.75, 3.05) is 18.1 Å². The fraction of sp³-hybridized carbons (Fsp3) is 0.762. The van der Waals surface area contributed by atoms with Crippen LogP contribution in [-0.4, -0.2) is 37.1 Å². The zero-order valence-corrected chi connectivity index (χ0v) is 45.5. The van der Waals surface area contributed by atoms with E-state index in [9.17, 15) is 14.4 Å². The van der Waals surface area contributed by atoms with Crippen LogP contribution < -0.4 is 4.90 Å². The molecule has 6 nitrogen and oxygen atoms in total. The van der Waals surface area contributed by atoms with Crippen molar-refractivity contribution in [1.82, 2.24) is 0 Å². The summed E-state index contributed by atoms with van der Waals surface area (Å²) in [7, 11) is 0. The average molecular weight is 961 g/mol. The van der Waals surface area contributed by atoms with Crippen LogP contribution in [0.3, 0.4) is 0 Å². The Hall–Kier alpha value is -3.15. The molecule has 1 aromatic carbocycles. The van der Waals surface area contributed by atoms with E-state index in [1.165, 1.54) is 167 Å². The van der Waals surface area contributed by atoms with Crippen LogP contribution in [-0.2, 0) is 23.9 Å². The molecule has 0 aliphatic rings. The summed E-state index contributed by atoms with van der Waals surface area (Å²) in [6, 6.07) is 9.67. The first-order valence-electron chi connectivity index (χ1n) is 29.7. The molecule has 0 spiro atoms. The van der Waals surface area contributed by atoms with Gasteiger partial charge in [-0.25, -0.2) is 0 Å². The van der Waals surface area contributed by atoms with Gasteiger partial charge in [0, 0.05) is 24.9 Å². The summed E-state index contributed by atoms with van der Waals surface area (Å²) in [5, 5.41) is 0. The Morgan fingerprint density at radius 1 is 0.406 bits per heavy atom. The van der Waals surface area contributed by atoms with Crippen LogP contribution in [0.15, 0.2) is 66.8 Å². The van der Waals surface area contributed by atoms with E-state index in [1.807, 2.05) is 30.3 Å². The van der Waals surface area contributed by atoms with Crippen LogP contribution in [0.2, 0.25) is 0 Å². The SMILES string of the molecule is CCCCCCCCC=CCCCCCCCC(=O)OCC(CN(C(=O)CCCCCCCC=CCCCCCCCC)c1ccccc1)OC(=O)CCCCCCCC=CCCCCCCCC. The minimum Gasteiger partial charge on any atom is -0.462 e. The van der Waals surface area contributed by atoms with Crippen molar-refractivity contribution in [3.05, 3.63) is 66.8 Å². The van der Waals surface area contributed by atoms with E-state index in [0.717, 1.165) is 89.2 Å². The molecule has 1 unspecified atom stereocenters. The molecule has 0 N–H and O–H groups in total. The molecule has 0 saturated carbocycles. The van der Waals surface area contributed by atoms with Crippen molar-refractivity contribution in [3.8, 4) is 0 Å². The van der Waals surface area contributed by atoms with Crippen molar-refractivity contribution in [3.63, 3.8) is 0 Å². The highest BCUT2D eigenvalue weighted by Gasteiger charge is 2.25. The van der Waals surface area contributed by atoms with Crippen LogP contribution in [0.4, 0.5) is 5.69 Å². The lowest BCUT2D eigenvalue weighted by Crippen LogP contribution is -2.41. The molecule has 0 saturated heterocycles. The van der Waals surface area contributed by atoms with Gasteiger partial charge in [0.1, 0.15) is 6.61 Å². The Morgan fingerprint density at radius 2 is 0.725 bits per heavy atom. The van der Waals surface area contributed by atoms with Crippen molar-refractivity contribution >= 4 is 23.5 Å². The maximum absolute atomic E-state index is 13.9. The van der Waals surface area contributed by atoms with Crippen molar-refractivity contribution in [2.45, 2.75) is 297 Å². The number of carbonyl (C=O) groups excluding carboxylic acids is 3. The predicted molar refractivity (Wildman–Crippen MR) is 298 cm³/mol. The molecule has 1 amide bonds. The lowest BCUT2D eigenvalue weighted by atomic mass is 10.1. The van der Waals surface area contributed by atoms with E-state index in [-0.39, 0.29) is 31.0 Å². The number of allylic oxidation sites excluding steroid dienone is 6. The van der Waals surface area contributed by atoms with Crippen LogP contribution in [0.5, 0.6) is 0 Å². The number of unbranched alkanes of at least 4 members (excludes halogenated alkanes) is 33. The van der Waals surface area contributed by atoms with Gasteiger partial charge in [0.2, 0.25) is 5.91 Å².